The lowest BCUT2D eigenvalue weighted by molar-refractivity contribution is 0.258. The van der Waals surface area contributed by atoms with Crippen LogP contribution in [0.15, 0.2) is 140 Å². The quantitative estimate of drug-likeness (QED) is 0.139. The summed E-state index contributed by atoms with van der Waals surface area (Å²) < 4.78 is 7.69. The highest BCUT2D eigenvalue weighted by Crippen LogP contribution is 2.44. The molecule has 0 saturated heterocycles. The second-order valence-electron chi connectivity index (χ2n) is 13.1. The maximum absolute atomic E-state index is 10.3. The zero-order valence-corrected chi connectivity index (χ0v) is 28.5. The minimum Gasteiger partial charge on any atom is -0.407 e. The van der Waals surface area contributed by atoms with Gasteiger partial charge in [0, 0.05) is 46.7 Å². The van der Waals surface area contributed by atoms with E-state index in [1.54, 1.807) is 0 Å². The van der Waals surface area contributed by atoms with Gasteiger partial charge in [-0.3, -0.25) is 0 Å². The lowest BCUT2D eigenvalue weighted by Crippen LogP contribution is -2.66. The molecule has 1 atom stereocenters. The number of aromatic nitrogens is 1. The summed E-state index contributed by atoms with van der Waals surface area (Å²) in [4.78, 5) is 3.82. The molecular weight excluding hydrogens is 602 g/mol. The van der Waals surface area contributed by atoms with E-state index in [4.69, 9.17) is 16.0 Å². The summed E-state index contributed by atoms with van der Waals surface area (Å²) in [5.74, 6) is -0.110. The smallest absolute Gasteiger partial charge is 0.261 e. The summed E-state index contributed by atoms with van der Waals surface area (Å²) >= 11 is 6.55. The van der Waals surface area contributed by atoms with Crippen molar-refractivity contribution in [2.75, 3.05) is 13.2 Å². The van der Waals surface area contributed by atoms with Crippen molar-refractivity contribution in [2.45, 2.75) is 44.1 Å². The van der Waals surface area contributed by atoms with Crippen LogP contribution in [0.25, 0.3) is 10.9 Å². The summed E-state index contributed by atoms with van der Waals surface area (Å²) in [5.41, 5.74) is 5.63. The molecule has 0 saturated carbocycles. The van der Waals surface area contributed by atoms with Gasteiger partial charge in [-0.25, -0.2) is 0 Å². The molecule has 0 aliphatic heterocycles. The van der Waals surface area contributed by atoms with Crippen molar-refractivity contribution in [1.29, 1.82) is 0 Å². The summed E-state index contributed by atoms with van der Waals surface area (Å²) in [6, 6.07) is 49.1. The molecule has 6 aromatic rings. The third-order valence-electron chi connectivity index (χ3n) is 9.25. The number of fused-ring (bicyclic) bond motifs is 1. The monoisotopic (exact) mass is 643 g/mol. The SMILES string of the molecule is CC(C)(C)[Si](OCC(c1[nH]c2ccc(Cl)cc2c1CCO)C(c1ccccc1)c1ccccc1)(c1ccccc1)c1ccccc1. The van der Waals surface area contributed by atoms with Crippen LogP contribution < -0.4 is 10.4 Å². The highest BCUT2D eigenvalue weighted by atomic mass is 35.5. The number of H-pyrrole nitrogens is 1. The number of benzene rings is 5. The van der Waals surface area contributed by atoms with Gasteiger partial charge in [0.2, 0.25) is 0 Å². The van der Waals surface area contributed by atoms with Crippen molar-refractivity contribution in [1.82, 2.24) is 4.98 Å². The molecule has 0 aliphatic carbocycles. The first kappa shape index (κ1) is 32.0. The van der Waals surface area contributed by atoms with E-state index in [2.05, 4.69) is 147 Å². The Bertz CT molecular complexity index is 1770. The fourth-order valence-corrected chi connectivity index (χ4v) is 12.0. The van der Waals surface area contributed by atoms with Gasteiger partial charge in [0.05, 0.1) is 0 Å². The van der Waals surface area contributed by atoms with Gasteiger partial charge >= 0.3 is 0 Å². The number of aliphatic hydroxyl groups is 1. The second kappa shape index (κ2) is 13.8. The number of halogens is 1. The zero-order valence-electron chi connectivity index (χ0n) is 26.8. The van der Waals surface area contributed by atoms with E-state index in [0.717, 1.165) is 22.2 Å². The number of aliphatic hydroxyl groups excluding tert-OH is 1. The Morgan fingerprint density at radius 2 is 1.22 bits per heavy atom. The molecular formula is C41H42ClNO2Si. The van der Waals surface area contributed by atoms with Gasteiger partial charge in [-0.05, 0) is 56.7 Å². The van der Waals surface area contributed by atoms with Crippen LogP contribution in [0.4, 0.5) is 0 Å². The zero-order chi connectivity index (χ0) is 32.1. The first-order valence-electron chi connectivity index (χ1n) is 16.1. The fraction of sp³-hybridized carbons (Fsp3) is 0.220. The fourth-order valence-electron chi connectivity index (χ4n) is 7.24. The summed E-state index contributed by atoms with van der Waals surface area (Å²) in [6.07, 6.45) is 0.516. The number of hydrogen-bond acceptors (Lipinski definition) is 2. The van der Waals surface area contributed by atoms with Crippen molar-refractivity contribution in [3.63, 3.8) is 0 Å². The third kappa shape index (κ3) is 6.23. The normalized spacial score (nSPS) is 12.9. The lowest BCUT2D eigenvalue weighted by Gasteiger charge is -2.44. The van der Waals surface area contributed by atoms with Crippen molar-refractivity contribution in [2.24, 2.45) is 0 Å². The van der Waals surface area contributed by atoms with E-state index in [1.807, 2.05) is 18.2 Å². The Hall–Kier alpha value is -3.93. The van der Waals surface area contributed by atoms with E-state index >= 15 is 0 Å². The predicted molar refractivity (Wildman–Crippen MR) is 195 cm³/mol. The van der Waals surface area contributed by atoms with Crippen molar-refractivity contribution in [3.05, 3.63) is 167 Å². The molecule has 3 nitrogen and oxygen atoms in total. The Morgan fingerprint density at radius 3 is 1.70 bits per heavy atom. The molecule has 0 bridgehead atoms. The molecule has 234 valence electrons. The molecule has 0 fully saturated rings. The minimum atomic E-state index is -2.86. The molecule has 5 heteroatoms. The van der Waals surface area contributed by atoms with Crippen LogP contribution in [0.3, 0.4) is 0 Å². The standard InChI is InChI=1S/C41H42ClNO2Si/c1-41(2,3)46(33-20-12-6-13-21-33,34-22-14-7-15-23-34)45-29-37(39(30-16-8-4-9-17-30)31-18-10-5-11-19-31)40-35(26-27-44)36-28-32(42)24-25-38(36)43-40/h4-25,28,37,39,43-44H,26-27,29H2,1-3H3. The molecule has 1 aromatic heterocycles. The van der Waals surface area contributed by atoms with Crippen LogP contribution in [-0.4, -0.2) is 31.6 Å². The Balaban J connectivity index is 1.60. The van der Waals surface area contributed by atoms with E-state index in [0.29, 0.717) is 18.1 Å². The topological polar surface area (TPSA) is 45.2 Å². The lowest BCUT2D eigenvalue weighted by atomic mass is 9.78. The average molecular weight is 644 g/mol. The molecule has 0 spiro atoms. The van der Waals surface area contributed by atoms with Crippen molar-refractivity contribution >= 4 is 41.2 Å². The maximum atomic E-state index is 10.3. The number of aromatic amines is 1. The number of hydrogen-bond donors (Lipinski definition) is 2. The largest absolute Gasteiger partial charge is 0.407 e. The molecule has 0 aliphatic rings. The van der Waals surface area contributed by atoms with E-state index < -0.39 is 8.32 Å². The van der Waals surface area contributed by atoms with Gasteiger partial charge in [0.25, 0.3) is 8.32 Å². The Morgan fingerprint density at radius 1 is 0.717 bits per heavy atom. The average Bonchev–Trinajstić information content (AvgIpc) is 3.42. The van der Waals surface area contributed by atoms with Crippen LogP contribution >= 0.6 is 11.6 Å². The van der Waals surface area contributed by atoms with Crippen LogP contribution in [0, 0.1) is 0 Å². The van der Waals surface area contributed by atoms with Gasteiger partial charge < -0.3 is 14.5 Å². The van der Waals surface area contributed by atoms with E-state index in [-0.39, 0.29) is 23.5 Å². The van der Waals surface area contributed by atoms with E-state index in [1.165, 1.54) is 21.5 Å². The van der Waals surface area contributed by atoms with Crippen LogP contribution in [-0.2, 0) is 10.8 Å². The molecule has 1 unspecified atom stereocenters. The molecule has 5 aromatic carbocycles. The second-order valence-corrected chi connectivity index (χ2v) is 17.8. The Kier molecular flexibility index (Phi) is 9.62. The van der Waals surface area contributed by atoms with Crippen LogP contribution in [0.1, 0.15) is 55.0 Å². The van der Waals surface area contributed by atoms with Crippen molar-refractivity contribution in [3.8, 4) is 0 Å². The Labute approximate surface area is 279 Å². The maximum Gasteiger partial charge on any atom is 0.261 e. The third-order valence-corrected chi connectivity index (χ3v) is 14.5. The number of nitrogens with one attached hydrogen (secondary N) is 1. The van der Waals surface area contributed by atoms with Gasteiger partial charge in [0.15, 0.2) is 0 Å². The molecule has 0 amide bonds. The summed E-state index contributed by atoms with van der Waals surface area (Å²) in [5, 5.41) is 14.4. The van der Waals surface area contributed by atoms with Gasteiger partial charge in [-0.15, -0.1) is 0 Å². The van der Waals surface area contributed by atoms with Gasteiger partial charge in [-0.2, -0.15) is 0 Å². The molecule has 1 heterocycles. The first-order chi connectivity index (χ1) is 22.3. The van der Waals surface area contributed by atoms with Crippen molar-refractivity contribution < 1.29 is 9.53 Å². The summed E-state index contributed by atoms with van der Waals surface area (Å²) in [7, 11) is -2.86. The molecule has 46 heavy (non-hydrogen) atoms. The van der Waals surface area contributed by atoms with Gasteiger partial charge in [0.1, 0.15) is 0 Å². The van der Waals surface area contributed by atoms with Gasteiger partial charge in [-0.1, -0.05) is 154 Å². The minimum absolute atomic E-state index is 0.0124. The first-order valence-corrected chi connectivity index (χ1v) is 18.4. The highest BCUT2D eigenvalue weighted by Gasteiger charge is 2.51. The van der Waals surface area contributed by atoms with Crippen LogP contribution in [0.2, 0.25) is 10.1 Å². The molecule has 0 radical (unpaired) electrons. The highest BCUT2D eigenvalue weighted by molar-refractivity contribution is 6.99. The summed E-state index contributed by atoms with van der Waals surface area (Å²) in [6.45, 7) is 7.48. The number of rotatable bonds is 11. The molecule has 2 N–H and O–H groups in total. The molecule has 6 rings (SSSR count). The van der Waals surface area contributed by atoms with Crippen LogP contribution in [0.5, 0.6) is 0 Å². The van der Waals surface area contributed by atoms with E-state index in [9.17, 15) is 5.11 Å². The predicted octanol–water partition coefficient (Wildman–Crippen LogP) is 8.85.